The molecule has 2 atom stereocenters. The van der Waals surface area contributed by atoms with Crippen LogP contribution in [-0.2, 0) is 4.74 Å². The van der Waals surface area contributed by atoms with Crippen molar-refractivity contribution in [1.82, 2.24) is 5.32 Å². The summed E-state index contributed by atoms with van der Waals surface area (Å²) in [4.78, 5) is 0. The molecule has 1 rings (SSSR count). The van der Waals surface area contributed by atoms with Gasteiger partial charge in [0.1, 0.15) is 0 Å². The van der Waals surface area contributed by atoms with Crippen LogP contribution in [0.3, 0.4) is 0 Å². The van der Waals surface area contributed by atoms with E-state index >= 15 is 0 Å². The Bertz CT molecular complexity index is 114. The molecule has 0 aromatic heterocycles. The molecule has 0 aromatic carbocycles. The molecular formula is C6H11NO2. The van der Waals surface area contributed by atoms with Crippen LogP contribution in [0.5, 0.6) is 0 Å². The molecule has 1 heterocycles. The van der Waals surface area contributed by atoms with E-state index in [0.29, 0.717) is 12.5 Å². The monoisotopic (exact) mass is 129 g/mol. The van der Waals surface area contributed by atoms with Crippen LogP contribution in [-0.4, -0.2) is 18.1 Å². The number of rotatable bonds is 0. The van der Waals surface area contributed by atoms with Gasteiger partial charge in [0, 0.05) is 0 Å². The van der Waals surface area contributed by atoms with Crippen molar-refractivity contribution in [1.29, 1.82) is 0 Å². The molecule has 0 amide bonds. The van der Waals surface area contributed by atoms with Crippen molar-refractivity contribution in [2.24, 2.45) is 5.92 Å². The molecule has 1 aliphatic rings. The predicted octanol–water partition coefficient (Wildman–Crippen LogP) is 0.0319. The standard InChI is InChI=1S/C6H11NO2/c1-5-2-3-7-6(8)9-4-5/h2-3,5-8H,4H2,1H3. The van der Waals surface area contributed by atoms with Gasteiger partial charge in [-0.15, -0.1) is 0 Å². The minimum Gasteiger partial charge on any atom is -0.351 e. The summed E-state index contributed by atoms with van der Waals surface area (Å²) in [5.41, 5.74) is 0. The maximum atomic E-state index is 8.82. The van der Waals surface area contributed by atoms with Crippen LogP contribution in [0.1, 0.15) is 6.92 Å². The first-order valence-corrected chi connectivity index (χ1v) is 3.01. The fraction of sp³-hybridized carbons (Fsp3) is 0.667. The normalized spacial score (nSPS) is 35.3. The average Bonchev–Trinajstić information content (AvgIpc) is 1.97. The van der Waals surface area contributed by atoms with Crippen molar-refractivity contribution in [3.63, 3.8) is 0 Å². The highest BCUT2D eigenvalue weighted by Gasteiger charge is 2.06. The number of hydrogen-bond acceptors (Lipinski definition) is 3. The Labute approximate surface area is 54.3 Å². The molecule has 0 spiro atoms. The van der Waals surface area contributed by atoms with E-state index in [2.05, 4.69) is 5.32 Å². The van der Waals surface area contributed by atoms with Crippen molar-refractivity contribution in [3.05, 3.63) is 12.3 Å². The van der Waals surface area contributed by atoms with E-state index in [0.717, 1.165) is 0 Å². The van der Waals surface area contributed by atoms with Gasteiger partial charge in [-0.1, -0.05) is 13.0 Å². The van der Waals surface area contributed by atoms with Gasteiger partial charge < -0.3 is 15.2 Å². The zero-order valence-corrected chi connectivity index (χ0v) is 5.37. The lowest BCUT2D eigenvalue weighted by Gasteiger charge is -2.08. The van der Waals surface area contributed by atoms with Crippen LogP contribution in [0.2, 0.25) is 0 Å². The zero-order chi connectivity index (χ0) is 6.69. The van der Waals surface area contributed by atoms with E-state index in [1.54, 1.807) is 6.20 Å². The predicted molar refractivity (Wildman–Crippen MR) is 33.4 cm³/mol. The number of ether oxygens (including phenoxy) is 1. The summed E-state index contributed by atoms with van der Waals surface area (Å²) >= 11 is 0. The Kier molecular flexibility index (Phi) is 2.08. The van der Waals surface area contributed by atoms with Gasteiger partial charge in [-0.2, -0.15) is 0 Å². The van der Waals surface area contributed by atoms with Crippen molar-refractivity contribution in [2.75, 3.05) is 6.61 Å². The van der Waals surface area contributed by atoms with Crippen LogP contribution in [0.15, 0.2) is 12.3 Å². The van der Waals surface area contributed by atoms with Gasteiger partial charge in [-0.3, -0.25) is 0 Å². The highest BCUT2D eigenvalue weighted by molar-refractivity contribution is 4.86. The summed E-state index contributed by atoms with van der Waals surface area (Å²) in [6.07, 6.45) is 2.84. The van der Waals surface area contributed by atoms with E-state index in [1.165, 1.54) is 0 Å². The Balaban J connectivity index is 2.39. The number of hydrogen-bond donors (Lipinski definition) is 2. The molecule has 2 unspecified atom stereocenters. The number of aliphatic hydroxyl groups excluding tert-OH is 1. The molecule has 0 aromatic rings. The lowest BCUT2D eigenvalue weighted by Crippen LogP contribution is -2.25. The first-order valence-electron chi connectivity index (χ1n) is 3.01. The van der Waals surface area contributed by atoms with Gasteiger partial charge in [0.25, 0.3) is 0 Å². The molecule has 0 bridgehead atoms. The van der Waals surface area contributed by atoms with E-state index < -0.39 is 6.41 Å². The van der Waals surface area contributed by atoms with Crippen molar-refractivity contribution >= 4 is 0 Å². The van der Waals surface area contributed by atoms with Gasteiger partial charge in [0.2, 0.25) is 6.41 Å². The minimum absolute atomic E-state index is 0.384. The second-order valence-corrected chi connectivity index (χ2v) is 2.19. The van der Waals surface area contributed by atoms with Crippen molar-refractivity contribution in [3.8, 4) is 0 Å². The van der Waals surface area contributed by atoms with E-state index in [-0.39, 0.29) is 0 Å². The first-order chi connectivity index (χ1) is 4.29. The lowest BCUT2D eigenvalue weighted by molar-refractivity contribution is -0.114. The largest absolute Gasteiger partial charge is 0.351 e. The molecule has 0 saturated carbocycles. The maximum Gasteiger partial charge on any atom is 0.234 e. The molecule has 3 heteroatoms. The summed E-state index contributed by atoms with van der Waals surface area (Å²) in [6, 6.07) is 0. The zero-order valence-electron chi connectivity index (χ0n) is 5.37. The number of aliphatic hydroxyl groups is 1. The lowest BCUT2D eigenvalue weighted by atomic mass is 10.2. The van der Waals surface area contributed by atoms with Crippen LogP contribution in [0.25, 0.3) is 0 Å². The molecule has 1 aliphatic heterocycles. The molecule has 52 valence electrons. The third-order valence-electron chi connectivity index (χ3n) is 1.18. The molecule has 3 nitrogen and oxygen atoms in total. The third kappa shape index (κ3) is 2.03. The summed E-state index contributed by atoms with van der Waals surface area (Å²) in [5, 5.41) is 11.4. The Morgan fingerprint density at radius 1 is 1.78 bits per heavy atom. The van der Waals surface area contributed by atoms with Crippen LogP contribution in [0.4, 0.5) is 0 Å². The topological polar surface area (TPSA) is 41.5 Å². The summed E-state index contributed by atoms with van der Waals surface area (Å²) in [5.74, 6) is 0.384. The van der Waals surface area contributed by atoms with Crippen LogP contribution in [0, 0.1) is 5.92 Å². The third-order valence-corrected chi connectivity index (χ3v) is 1.18. The molecule has 0 aliphatic carbocycles. The van der Waals surface area contributed by atoms with Gasteiger partial charge >= 0.3 is 0 Å². The molecule has 0 radical (unpaired) electrons. The van der Waals surface area contributed by atoms with Gasteiger partial charge in [0.15, 0.2) is 0 Å². The fourth-order valence-corrected chi connectivity index (χ4v) is 0.649. The van der Waals surface area contributed by atoms with Crippen LogP contribution >= 0.6 is 0 Å². The second-order valence-electron chi connectivity index (χ2n) is 2.19. The Morgan fingerprint density at radius 2 is 2.56 bits per heavy atom. The Morgan fingerprint density at radius 3 is 3.33 bits per heavy atom. The molecular weight excluding hydrogens is 118 g/mol. The highest BCUT2D eigenvalue weighted by Crippen LogP contribution is 2.01. The van der Waals surface area contributed by atoms with E-state index in [9.17, 15) is 0 Å². The van der Waals surface area contributed by atoms with Gasteiger partial charge in [-0.05, 0) is 12.1 Å². The molecule has 0 saturated heterocycles. The molecule has 9 heavy (non-hydrogen) atoms. The van der Waals surface area contributed by atoms with E-state index in [1.807, 2.05) is 13.0 Å². The van der Waals surface area contributed by atoms with Gasteiger partial charge in [-0.25, -0.2) is 0 Å². The summed E-state index contributed by atoms with van der Waals surface area (Å²) in [6.45, 7) is 2.60. The fourth-order valence-electron chi connectivity index (χ4n) is 0.649. The SMILES string of the molecule is CC1C=CNC(O)OC1. The van der Waals surface area contributed by atoms with Crippen molar-refractivity contribution < 1.29 is 9.84 Å². The first kappa shape index (κ1) is 6.58. The Hall–Kier alpha value is -0.540. The summed E-state index contributed by atoms with van der Waals surface area (Å²) < 4.78 is 4.90. The van der Waals surface area contributed by atoms with Crippen LogP contribution < -0.4 is 5.32 Å². The number of nitrogens with one attached hydrogen (secondary N) is 1. The smallest absolute Gasteiger partial charge is 0.234 e. The van der Waals surface area contributed by atoms with E-state index in [4.69, 9.17) is 9.84 Å². The highest BCUT2D eigenvalue weighted by atomic mass is 16.6. The molecule has 0 fully saturated rings. The van der Waals surface area contributed by atoms with Gasteiger partial charge in [0.05, 0.1) is 6.61 Å². The summed E-state index contributed by atoms with van der Waals surface area (Å²) in [7, 11) is 0. The average molecular weight is 129 g/mol. The quantitative estimate of drug-likeness (QED) is 0.485. The second kappa shape index (κ2) is 2.85. The molecule has 2 N–H and O–H groups in total. The van der Waals surface area contributed by atoms with Crippen molar-refractivity contribution in [2.45, 2.75) is 13.3 Å². The maximum absolute atomic E-state index is 8.82. The minimum atomic E-state index is -0.828.